The van der Waals surface area contributed by atoms with Crippen molar-refractivity contribution in [3.63, 3.8) is 0 Å². The normalized spacial score (nSPS) is 32.6. The number of carbonyl (C=O) groups is 2. The van der Waals surface area contributed by atoms with Gasteiger partial charge in [-0.3, -0.25) is 19.5 Å². The number of hydrogen-bond acceptors (Lipinski definition) is 6. The molecule has 2 aliphatic carbocycles. The summed E-state index contributed by atoms with van der Waals surface area (Å²) in [6.45, 7) is 11.2. The summed E-state index contributed by atoms with van der Waals surface area (Å²) >= 11 is 0. The van der Waals surface area contributed by atoms with Crippen molar-refractivity contribution in [3.05, 3.63) is 30.1 Å². The van der Waals surface area contributed by atoms with E-state index in [0.717, 1.165) is 45.7 Å². The Morgan fingerprint density at radius 1 is 1.20 bits per heavy atom. The number of morpholine rings is 1. The zero-order valence-electron chi connectivity index (χ0n) is 21.5. The van der Waals surface area contributed by atoms with Crippen LogP contribution in [0.3, 0.4) is 0 Å². The minimum Gasteiger partial charge on any atom is -0.390 e. The summed E-state index contributed by atoms with van der Waals surface area (Å²) in [5.41, 5.74) is -0.434. The number of nitrogens with one attached hydrogen (secondary N) is 2. The molecule has 3 aliphatic rings. The lowest BCUT2D eigenvalue weighted by Gasteiger charge is -2.50. The van der Waals surface area contributed by atoms with Gasteiger partial charge < -0.3 is 20.5 Å². The van der Waals surface area contributed by atoms with Gasteiger partial charge in [-0.25, -0.2) is 0 Å². The Morgan fingerprint density at radius 2 is 1.97 bits per heavy atom. The van der Waals surface area contributed by atoms with Gasteiger partial charge in [-0.05, 0) is 67.9 Å². The minimum atomic E-state index is -0.714. The maximum absolute atomic E-state index is 13.1. The van der Waals surface area contributed by atoms with E-state index in [9.17, 15) is 14.7 Å². The van der Waals surface area contributed by atoms with E-state index in [-0.39, 0.29) is 34.6 Å². The van der Waals surface area contributed by atoms with Gasteiger partial charge in [0.2, 0.25) is 5.91 Å². The first-order valence-electron chi connectivity index (χ1n) is 13.1. The molecule has 1 aliphatic heterocycles. The van der Waals surface area contributed by atoms with E-state index in [1.165, 1.54) is 0 Å². The fourth-order valence-corrected chi connectivity index (χ4v) is 6.78. The van der Waals surface area contributed by atoms with Crippen molar-refractivity contribution in [3.8, 4) is 0 Å². The van der Waals surface area contributed by atoms with Gasteiger partial charge in [0.15, 0.2) is 0 Å². The van der Waals surface area contributed by atoms with Crippen molar-refractivity contribution in [1.29, 1.82) is 0 Å². The average Bonchev–Trinajstić information content (AvgIpc) is 3.04. The molecule has 8 nitrogen and oxygen atoms in total. The lowest BCUT2D eigenvalue weighted by molar-refractivity contribution is -0.123. The molecule has 3 N–H and O–H groups in total. The van der Waals surface area contributed by atoms with Crippen LogP contribution in [0, 0.1) is 16.7 Å². The maximum atomic E-state index is 13.1. The molecule has 194 valence electrons. The molecule has 0 spiro atoms. The van der Waals surface area contributed by atoms with Crippen molar-refractivity contribution in [1.82, 2.24) is 20.5 Å². The first kappa shape index (κ1) is 26.0. The van der Waals surface area contributed by atoms with Crippen LogP contribution in [-0.2, 0) is 9.53 Å². The number of ether oxygens (including phenoxy) is 1. The SMILES string of the molecule is CC1(C)C[C@H](NC(=O)c2cccnc2)[C@]2(CCC(=O)NCCN3CCOCC3)CC[C@@](C)(O)C[C@@H]12. The highest BCUT2D eigenvalue weighted by atomic mass is 16.5. The number of nitrogens with zero attached hydrogens (tertiary/aromatic N) is 2. The number of aromatic nitrogens is 1. The van der Waals surface area contributed by atoms with Crippen LogP contribution in [0.4, 0.5) is 0 Å². The number of aliphatic hydroxyl groups is 1. The molecule has 4 atom stereocenters. The summed E-state index contributed by atoms with van der Waals surface area (Å²) in [7, 11) is 0. The second kappa shape index (κ2) is 10.5. The van der Waals surface area contributed by atoms with Crippen LogP contribution in [-0.4, -0.2) is 77.8 Å². The molecule has 0 bridgehead atoms. The molecule has 0 unspecified atom stereocenters. The van der Waals surface area contributed by atoms with Crippen molar-refractivity contribution >= 4 is 11.8 Å². The minimum absolute atomic E-state index is 0.0487. The molecule has 2 amide bonds. The highest BCUT2D eigenvalue weighted by Gasteiger charge is 2.61. The van der Waals surface area contributed by atoms with Crippen LogP contribution in [0.15, 0.2) is 24.5 Å². The quantitative estimate of drug-likeness (QED) is 0.521. The monoisotopic (exact) mass is 486 g/mol. The molecular weight excluding hydrogens is 444 g/mol. The molecule has 0 radical (unpaired) electrons. The molecule has 35 heavy (non-hydrogen) atoms. The lowest BCUT2D eigenvalue weighted by Crippen LogP contribution is -2.52. The van der Waals surface area contributed by atoms with E-state index >= 15 is 0 Å². The van der Waals surface area contributed by atoms with E-state index in [4.69, 9.17) is 4.74 Å². The van der Waals surface area contributed by atoms with E-state index in [0.29, 0.717) is 37.8 Å². The van der Waals surface area contributed by atoms with Crippen molar-refractivity contribution in [2.24, 2.45) is 16.7 Å². The standard InChI is InChI=1S/C27H42N4O4/c1-25(2)18-22(30-24(33)20-5-4-10-28-19-20)27(9-8-26(3,34)17-21(25)27)7-6-23(32)29-11-12-31-13-15-35-16-14-31/h4-5,10,19,21-22,34H,6-9,11-18H2,1-3H3,(H,29,32)(H,30,33)/t21-,22-,26+,27+/m0/s1. The molecule has 3 fully saturated rings. The fourth-order valence-electron chi connectivity index (χ4n) is 6.78. The highest BCUT2D eigenvalue weighted by Crippen LogP contribution is 2.63. The lowest BCUT2D eigenvalue weighted by atomic mass is 9.57. The Balaban J connectivity index is 1.44. The van der Waals surface area contributed by atoms with Crippen LogP contribution in [0.5, 0.6) is 0 Å². The smallest absolute Gasteiger partial charge is 0.253 e. The molecule has 2 heterocycles. The number of carbonyl (C=O) groups excluding carboxylic acids is 2. The third-order valence-electron chi connectivity index (χ3n) is 8.73. The summed E-state index contributed by atoms with van der Waals surface area (Å²) in [4.78, 5) is 32.3. The number of pyridine rings is 1. The van der Waals surface area contributed by atoms with Gasteiger partial charge in [0.1, 0.15) is 0 Å². The van der Waals surface area contributed by atoms with Crippen LogP contribution in [0.25, 0.3) is 0 Å². The first-order valence-corrected chi connectivity index (χ1v) is 13.1. The predicted octanol–water partition coefficient (Wildman–Crippen LogP) is 2.38. The van der Waals surface area contributed by atoms with E-state index in [1.807, 2.05) is 6.92 Å². The Bertz CT molecular complexity index is 884. The fraction of sp³-hybridized carbons (Fsp3) is 0.741. The van der Waals surface area contributed by atoms with Gasteiger partial charge in [0.25, 0.3) is 5.91 Å². The Kier molecular flexibility index (Phi) is 7.83. The molecule has 2 saturated carbocycles. The van der Waals surface area contributed by atoms with E-state index < -0.39 is 5.60 Å². The van der Waals surface area contributed by atoms with Crippen molar-refractivity contribution in [2.75, 3.05) is 39.4 Å². The number of amides is 2. The van der Waals surface area contributed by atoms with Crippen LogP contribution in [0.1, 0.15) is 69.7 Å². The van der Waals surface area contributed by atoms with Crippen molar-refractivity contribution in [2.45, 2.75) is 70.9 Å². The second-order valence-electron chi connectivity index (χ2n) is 11.8. The number of hydrogen-bond donors (Lipinski definition) is 3. The van der Waals surface area contributed by atoms with Crippen LogP contribution < -0.4 is 10.6 Å². The van der Waals surface area contributed by atoms with Crippen LogP contribution >= 0.6 is 0 Å². The first-order chi connectivity index (χ1) is 16.6. The highest BCUT2D eigenvalue weighted by molar-refractivity contribution is 5.94. The topological polar surface area (TPSA) is 104 Å². The Labute approximate surface area is 209 Å². The zero-order chi connectivity index (χ0) is 25.1. The van der Waals surface area contributed by atoms with E-state index in [1.54, 1.807) is 24.5 Å². The molecule has 0 aromatic carbocycles. The maximum Gasteiger partial charge on any atom is 0.253 e. The molecular formula is C27H42N4O4. The summed E-state index contributed by atoms with van der Waals surface area (Å²) in [5, 5.41) is 17.4. The molecule has 1 aromatic heterocycles. The van der Waals surface area contributed by atoms with Gasteiger partial charge in [0, 0.05) is 51.0 Å². The summed E-state index contributed by atoms with van der Waals surface area (Å²) in [6, 6.07) is 3.50. The van der Waals surface area contributed by atoms with Crippen molar-refractivity contribution < 1.29 is 19.4 Å². The largest absolute Gasteiger partial charge is 0.390 e. The van der Waals surface area contributed by atoms with Gasteiger partial charge >= 0.3 is 0 Å². The van der Waals surface area contributed by atoms with Crippen LogP contribution in [0.2, 0.25) is 0 Å². The van der Waals surface area contributed by atoms with Gasteiger partial charge in [-0.1, -0.05) is 13.8 Å². The average molecular weight is 487 g/mol. The summed E-state index contributed by atoms with van der Waals surface area (Å²) in [6.07, 6.45) is 7.39. The Hall–Kier alpha value is -2.03. The third-order valence-corrected chi connectivity index (χ3v) is 8.73. The van der Waals surface area contributed by atoms with Gasteiger partial charge in [-0.2, -0.15) is 0 Å². The molecule has 8 heteroatoms. The van der Waals surface area contributed by atoms with Gasteiger partial charge in [0.05, 0.1) is 24.4 Å². The van der Waals surface area contributed by atoms with E-state index in [2.05, 4.69) is 34.4 Å². The summed E-state index contributed by atoms with van der Waals surface area (Å²) in [5.74, 6) is 0.163. The van der Waals surface area contributed by atoms with Gasteiger partial charge in [-0.15, -0.1) is 0 Å². The summed E-state index contributed by atoms with van der Waals surface area (Å²) < 4.78 is 5.39. The second-order valence-corrected chi connectivity index (χ2v) is 11.8. The number of rotatable bonds is 8. The number of fused-ring (bicyclic) bond motifs is 1. The zero-order valence-corrected chi connectivity index (χ0v) is 21.5. The predicted molar refractivity (Wildman–Crippen MR) is 134 cm³/mol. The molecule has 1 saturated heterocycles. The third kappa shape index (κ3) is 6.04. The molecule has 4 rings (SSSR count). The molecule has 1 aromatic rings. The Morgan fingerprint density at radius 3 is 2.69 bits per heavy atom.